The second kappa shape index (κ2) is 8.18. The standard InChI is InChI=1S/C20H21ClN4O4/c1-4-16-24-17-11(7-10(2)8-12(17)19(27)25(16)3)14(9-26)22-13-5-6-15(21)23-18(13)20(28)29/h5-8,14,22,26H,4,9H2,1-3H3,(H,28,29)/t14-/m1/s1. The maximum atomic E-state index is 12.8. The summed E-state index contributed by atoms with van der Waals surface area (Å²) in [6.07, 6.45) is 0.566. The number of hydrogen-bond donors (Lipinski definition) is 3. The van der Waals surface area contributed by atoms with Gasteiger partial charge in [-0.25, -0.2) is 14.8 Å². The maximum absolute atomic E-state index is 12.8. The van der Waals surface area contributed by atoms with E-state index in [4.69, 9.17) is 11.6 Å². The molecule has 0 aliphatic rings. The van der Waals surface area contributed by atoms with Crippen molar-refractivity contribution in [3.8, 4) is 0 Å². The lowest BCUT2D eigenvalue weighted by atomic mass is 10.00. The second-order valence-corrected chi connectivity index (χ2v) is 7.10. The highest BCUT2D eigenvalue weighted by molar-refractivity contribution is 6.29. The zero-order valence-electron chi connectivity index (χ0n) is 16.2. The molecule has 152 valence electrons. The summed E-state index contributed by atoms with van der Waals surface area (Å²) in [5.74, 6) is -0.635. The number of aryl methyl sites for hydroxylation is 2. The molecule has 0 radical (unpaired) electrons. The number of pyridine rings is 1. The van der Waals surface area contributed by atoms with Crippen LogP contribution in [0, 0.1) is 6.92 Å². The predicted molar refractivity (Wildman–Crippen MR) is 111 cm³/mol. The van der Waals surface area contributed by atoms with Crippen molar-refractivity contribution in [1.29, 1.82) is 0 Å². The Hall–Kier alpha value is -2.97. The van der Waals surface area contributed by atoms with Crippen molar-refractivity contribution in [2.45, 2.75) is 26.3 Å². The molecule has 0 spiro atoms. The summed E-state index contributed by atoms with van der Waals surface area (Å²) in [5, 5.41) is 23.0. The molecule has 1 atom stereocenters. The van der Waals surface area contributed by atoms with Gasteiger partial charge < -0.3 is 15.5 Å². The lowest BCUT2D eigenvalue weighted by molar-refractivity contribution is 0.0691. The molecule has 0 unspecified atom stereocenters. The van der Waals surface area contributed by atoms with Gasteiger partial charge in [0.25, 0.3) is 5.56 Å². The van der Waals surface area contributed by atoms with Crippen molar-refractivity contribution >= 4 is 34.2 Å². The molecular formula is C20H21ClN4O4. The van der Waals surface area contributed by atoms with Gasteiger partial charge in [-0.05, 0) is 30.7 Å². The number of fused-ring (bicyclic) bond motifs is 1. The minimum atomic E-state index is -1.25. The number of aliphatic hydroxyl groups excluding tert-OH is 1. The van der Waals surface area contributed by atoms with E-state index >= 15 is 0 Å². The molecule has 0 saturated heterocycles. The molecule has 0 saturated carbocycles. The lowest BCUT2D eigenvalue weighted by Gasteiger charge is -2.21. The first-order valence-electron chi connectivity index (χ1n) is 9.04. The van der Waals surface area contributed by atoms with E-state index in [1.165, 1.54) is 16.7 Å². The third-order valence-corrected chi connectivity index (χ3v) is 4.93. The van der Waals surface area contributed by atoms with Gasteiger partial charge in [-0.1, -0.05) is 24.6 Å². The van der Waals surface area contributed by atoms with Gasteiger partial charge >= 0.3 is 5.97 Å². The quantitative estimate of drug-likeness (QED) is 0.529. The SMILES string of the molecule is CCc1nc2c([C@@H](CO)Nc3ccc(Cl)nc3C(=O)O)cc(C)cc2c(=O)n1C. The fraction of sp³-hybridized carbons (Fsp3) is 0.300. The number of aliphatic hydroxyl groups is 1. The van der Waals surface area contributed by atoms with Gasteiger partial charge in [0, 0.05) is 19.0 Å². The largest absolute Gasteiger partial charge is 0.476 e. The summed E-state index contributed by atoms with van der Waals surface area (Å²) in [6.45, 7) is 3.40. The number of hydrogen-bond acceptors (Lipinski definition) is 6. The zero-order chi connectivity index (χ0) is 21.3. The lowest BCUT2D eigenvalue weighted by Crippen LogP contribution is -2.24. The molecule has 3 aromatic rings. The molecule has 0 amide bonds. The van der Waals surface area contributed by atoms with Gasteiger partial charge in [0.2, 0.25) is 0 Å². The Labute approximate surface area is 171 Å². The molecule has 2 heterocycles. The Bertz CT molecular complexity index is 1160. The first-order valence-corrected chi connectivity index (χ1v) is 9.42. The van der Waals surface area contributed by atoms with Crippen molar-refractivity contribution in [2.75, 3.05) is 11.9 Å². The Morgan fingerprint density at radius 1 is 1.31 bits per heavy atom. The van der Waals surface area contributed by atoms with E-state index in [0.29, 0.717) is 28.7 Å². The van der Waals surface area contributed by atoms with E-state index < -0.39 is 12.0 Å². The second-order valence-electron chi connectivity index (χ2n) is 6.71. The first kappa shape index (κ1) is 20.8. The van der Waals surface area contributed by atoms with Gasteiger partial charge in [-0.3, -0.25) is 9.36 Å². The van der Waals surface area contributed by atoms with Crippen molar-refractivity contribution in [3.63, 3.8) is 0 Å². The van der Waals surface area contributed by atoms with E-state index in [-0.39, 0.29) is 28.7 Å². The number of aromatic nitrogens is 3. The molecular weight excluding hydrogens is 396 g/mol. The van der Waals surface area contributed by atoms with Crippen LogP contribution in [0.25, 0.3) is 10.9 Å². The summed E-state index contributed by atoms with van der Waals surface area (Å²) < 4.78 is 1.51. The maximum Gasteiger partial charge on any atom is 0.356 e. The van der Waals surface area contributed by atoms with Crippen LogP contribution in [0.15, 0.2) is 29.1 Å². The Kier molecular flexibility index (Phi) is 5.86. The molecule has 8 nitrogen and oxygen atoms in total. The number of nitrogens with one attached hydrogen (secondary N) is 1. The minimum absolute atomic E-state index is 0.0484. The van der Waals surface area contributed by atoms with Crippen LogP contribution in [-0.2, 0) is 13.5 Å². The van der Waals surface area contributed by atoms with Gasteiger partial charge in [-0.15, -0.1) is 0 Å². The fourth-order valence-electron chi connectivity index (χ4n) is 3.30. The average molecular weight is 417 g/mol. The van der Waals surface area contributed by atoms with Crippen LogP contribution in [0.4, 0.5) is 5.69 Å². The number of carboxylic acids is 1. The highest BCUT2D eigenvalue weighted by Gasteiger charge is 2.21. The Morgan fingerprint density at radius 3 is 2.66 bits per heavy atom. The Morgan fingerprint density at radius 2 is 2.03 bits per heavy atom. The molecule has 0 bridgehead atoms. The van der Waals surface area contributed by atoms with Crippen LogP contribution in [0.3, 0.4) is 0 Å². The molecule has 0 aliphatic heterocycles. The summed E-state index contributed by atoms with van der Waals surface area (Å²) in [6, 6.07) is 5.83. The van der Waals surface area contributed by atoms with E-state index in [1.807, 2.05) is 19.9 Å². The zero-order valence-corrected chi connectivity index (χ0v) is 17.0. The van der Waals surface area contributed by atoms with E-state index in [2.05, 4.69) is 15.3 Å². The number of benzene rings is 1. The molecule has 3 rings (SSSR count). The molecule has 9 heteroatoms. The third kappa shape index (κ3) is 3.94. The van der Waals surface area contributed by atoms with Crippen molar-refractivity contribution in [3.05, 3.63) is 62.4 Å². The normalized spacial score (nSPS) is 12.2. The third-order valence-electron chi connectivity index (χ3n) is 4.71. The fourth-order valence-corrected chi connectivity index (χ4v) is 3.45. The van der Waals surface area contributed by atoms with Gasteiger partial charge in [0.1, 0.15) is 11.0 Å². The highest BCUT2D eigenvalue weighted by atomic mass is 35.5. The van der Waals surface area contributed by atoms with Crippen molar-refractivity contribution < 1.29 is 15.0 Å². The summed E-state index contributed by atoms with van der Waals surface area (Å²) in [5.41, 5.74) is 1.67. The number of aromatic carboxylic acids is 1. The van der Waals surface area contributed by atoms with Crippen molar-refractivity contribution in [1.82, 2.24) is 14.5 Å². The van der Waals surface area contributed by atoms with Crippen molar-refractivity contribution in [2.24, 2.45) is 7.05 Å². The number of nitrogens with zero attached hydrogens (tertiary/aromatic N) is 3. The summed E-state index contributed by atoms with van der Waals surface area (Å²) in [4.78, 5) is 32.8. The van der Waals surface area contributed by atoms with Crippen LogP contribution in [0.5, 0.6) is 0 Å². The first-order chi connectivity index (χ1) is 13.8. The molecule has 29 heavy (non-hydrogen) atoms. The van der Waals surface area contributed by atoms with E-state index in [0.717, 1.165) is 5.56 Å². The summed E-state index contributed by atoms with van der Waals surface area (Å²) in [7, 11) is 1.68. The van der Waals surface area contributed by atoms with E-state index in [1.54, 1.807) is 13.1 Å². The van der Waals surface area contributed by atoms with E-state index in [9.17, 15) is 19.8 Å². The highest BCUT2D eigenvalue weighted by Crippen LogP contribution is 2.28. The minimum Gasteiger partial charge on any atom is -0.476 e. The molecule has 0 aliphatic carbocycles. The van der Waals surface area contributed by atoms with Gasteiger partial charge in [0.15, 0.2) is 5.69 Å². The monoisotopic (exact) mass is 416 g/mol. The van der Waals surface area contributed by atoms with Gasteiger partial charge in [0.05, 0.1) is 29.2 Å². The molecule has 3 N–H and O–H groups in total. The van der Waals surface area contributed by atoms with Crippen LogP contribution < -0.4 is 10.9 Å². The van der Waals surface area contributed by atoms with Crippen LogP contribution in [-0.4, -0.2) is 37.3 Å². The number of halogens is 1. The molecule has 0 fully saturated rings. The van der Waals surface area contributed by atoms with Crippen LogP contribution >= 0.6 is 11.6 Å². The molecule has 2 aromatic heterocycles. The number of anilines is 1. The Balaban J connectivity index is 2.19. The average Bonchev–Trinajstić information content (AvgIpc) is 2.69. The number of rotatable bonds is 6. The summed E-state index contributed by atoms with van der Waals surface area (Å²) >= 11 is 5.81. The topological polar surface area (TPSA) is 117 Å². The molecule has 1 aromatic carbocycles. The van der Waals surface area contributed by atoms with Crippen LogP contribution in [0.1, 0.15) is 40.4 Å². The smallest absolute Gasteiger partial charge is 0.356 e. The van der Waals surface area contributed by atoms with Crippen LogP contribution in [0.2, 0.25) is 5.15 Å². The van der Waals surface area contributed by atoms with Gasteiger partial charge in [-0.2, -0.15) is 0 Å². The number of carboxylic acid groups (broad SMARTS) is 1. The predicted octanol–water partition coefficient (Wildman–Crippen LogP) is 2.70. The number of carbonyl (C=O) groups is 1.